The van der Waals surface area contributed by atoms with Crippen LogP contribution in [-0.2, 0) is 9.47 Å². The minimum absolute atomic E-state index is 0.183. The normalized spacial score (nSPS) is 11.4. The van der Waals surface area contributed by atoms with E-state index in [4.69, 9.17) is 18.9 Å². The molecule has 0 radical (unpaired) electrons. The lowest BCUT2D eigenvalue weighted by molar-refractivity contribution is -0.00268. The minimum Gasteiger partial charge on any atom is -0.462 e. The van der Waals surface area contributed by atoms with E-state index in [0.29, 0.717) is 29.1 Å². The van der Waals surface area contributed by atoms with E-state index in [1.165, 1.54) is 18.2 Å². The first-order valence-electron chi connectivity index (χ1n) is 13.3. The van der Waals surface area contributed by atoms with E-state index >= 15 is 0 Å². The predicted octanol–water partition coefficient (Wildman–Crippen LogP) is 7.69. The number of nitrogens with zero attached hydrogens (tertiary/aromatic N) is 3. The Labute approximate surface area is 234 Å². The number of benzene rings is 3. The van der Waals surface area contributed by atoms with Gasteiger partial charge >= 0.3 is 11.9 Å². The topological polar surface area (TPSA) is 120 Å². The summed E-state index contributed by atoms with van der Waals surface area (Å²) in [6, 6.07) is 20.5. The Hall–Kier alpha value is -4.71. The number of carbonyl (C=O) groups is 2. The van der Waals surface area contributed by atoms with Crippen molar-refractivity contribution < 1.29 is 28.5 Å². The highest BCUT2D eigenvalue weighted by Gasteiger charge is 2.19. The highest BCUT2D eigenvalue weighted by atomic mass is 16.7. The number of hydrogen-bond donors (Lipinski definition) is 0. The lowest BCUT2D eigenvalue weighted by Gasteiger charge is -2.21. The molecule has 0 fully saturated rings. The molecule has 0 heterocycles. The zero-order chi connectivity index (χ0) is 28.7. The lowest BCUT2D eigenvalue weighted by Crippen LogP contribution is -2.24. The number of ether oxygens (including phenoxy) is 4. The maximum atomic E-state index is 12.4. The quantitative estimate of drug-likeness (QED) is 0.0884. The molecule has 0 aliphatic heterocycles. The van der Waals surface area contributed by atoms with Crippen LogP contribution >= 0.6 is 0 Å². The highest BCUT2D eigenvalue weighted by molar-refractivity contribution is 5.96. The number of esters is 2. The third-order valence-corrected chi connectivity index (χ3v) is 5.64. The van der Waals surface area contributed by atoms with E-state index in [-0.39, 0.29) is 30.1 Å². The molecule has 3 aromatic carbocycles. The van der Waals surface area contributed by atoms with Gasteiger partial charge in [0.15, 0.2) is 0 Å². The van der Waals surface area contributed by atoms with E-state index in [9.17, 15) is 14.9 Å². The predicted molar refractivity (Wildman–Crippen MR) is 149 cm³/mol. The van der Waals surface area contributed by atoms with Gasteiger partial charge in [-0.05, 0) is 74.9 Å². The van der Waals surface area contributed by atoms with E-state index < -0.39 is 18.2 Å². The molecule has 0 aliphatic rings. The molecule has 1 atom stereocenters. The van der Waals surface area contributed by atoms with Crippen LogP contribution in [-0.4, -0.2) is 31.4 Å². The van der Waals surface area contributed by atoms with Crippen molar-refractivity contribution >= 4 is 23.3 Å². The maximum Gasteiger partial charge on any atom is 0.338 e. The summed E-state index contributed by atoms with van der Waals surface area (Å²) in [5, 5.41) is 17.6. The fourth-order valence-electron chi connectivity index (χ4n) is 3.70. The van der Waals surface area contributed by atoms with Crippen LogP contribution < -0.4 is 9.47 Å². The van der Waals surface area contributed by atoms with Crippen molar-refractivity contribution in [2.75, 3.05) is 13.2 Å². The first kappa shape index (κ1) is 29.8. The Balaban J connectivity index is 1.80. The van der Waals surface area contributed by atoms with E-state index in [1.54, 1.807) is 62.4 Å². The third kappa shape index (κ3) is 8.95. The second kappa shape index (κ2) is 15.6. The lowest BCUT2D eigenvalue weighted by atomic mass is 10.1. The summed E-state index contributed by atoms with van der Waals surface area (Å²) in [4.78, 5) is 24.9. The van der Waals surface area contributed by atoms with E-state index in [1.807, 2.05) is 0 Å². The van der Waals surface area contributed by atoms with Gasteiger partial charge in [0.05, 0.1) is 35.6 Å². The molecule has 3 rings (SSSR count). The first-order chi connectivity index (χ1) is 19.5. The molecule has 0 N–H and O–H groups in total. The number of rotatable bonds is 14. The number of nitriles is 1. The number of azo groups is 1. The molecular weight excluding hydrogens is 510 g/mol. The zero-order valence-corrected chi connectivity index (χ0v) is 23.0. The Kier molecular flexibility index (Phi) is 11.7. The van der Waals surface area contributed by atoms with Crippen molar-refractivity contribution in [1.82, 2.24) is 0 Å². The molecule has 0 saturated carbocycles. The Morgan fingerprint density at radius 3 is 2.02 bits per heavy atom. The summed E-state index contributed by atoms with van der Waals surface area (Å²) in [5.41, 5.74) is 1.88. The van der Waals surface area contributed by atoms with Crippen molar-refractivity contribution in [2.24, 2.45) is 10.2 Å². The summed E-state index contributed by atoms with van der Waals surface area (Å²) in [6.45, 7) is 5.91. The molecular formula is C31H33N3O6. The summed E-state index contributed by atoms with van der Waals surface area (Å²) < 4.78 is 22.5. The number of unbranched alkanes of at least 4 members (excludes halogenated alkanes) is 2. The molecule has 0 amide bonds. The van der Waals surface area contributed by atoms with Crippen LogP contribution in [0.25, 0.3) is 0 Å². The van der Waals surface area contributed by atoms with Gasteiger partial charge in [0.25, 0.3) is 0 Å². The molecule has 0 aliphatic carbocycles. The van der Waals surface area contributed by atoms with Crippen molar-refractivity contribution in [1.29, 1.82) is 5.26 Å². The Morgan fingerprint density at radius 1 is 0.800 bits per heavy atom. The fourth-order valence-corrected chi connectivity index (χ4v) is 3.70. The van der Waals surface area contributed by atoms with E-state index in [2.05, 4.69) is 23.2 Å². The monoisotopic (exact) mass is 543 g/mol. The summed E-state index contributed by atoms with van der Waals surface area (Å²) in [7, 11) is 0. The molecule has 9 heteroatoms. The second-order valence-electron chi connectivity index (χ2n) is 8.67. The smallest absolute Gasteiger partial charge is 0.338 e. The molecule has 208 valence electrons. The number of carbonyl (C=O) groups excluding carboxylic acids is 2. The van der Waals surface area contributed by atoms with Crippen molar-refractivity contribution in [3.63, 3.8) is 0 Å². The first-order valence-corrected chi connectivity index (χ1v) is 13.3. The van der Waals surface area contributed by atoms with Gasteiger partial charge in [-0.2, -0.15) is 10.4 Å². The van der Waals surface area contributed by atoms with Crippen LogP contribution in [0.5, 0.6) is 11.5 Å². The van der Waals surface area contributed by atoms with Crippen LogP contribution in [0.2, 0.25) is 0 Å². The maximum absolute atomic E-state index is 12.4. The molecule has 1 unspecified atom stereocenters. The third-order valence-electron chi connectivity index (χ3n) is 5.64. The van der Waals surface area contributed by atoms with Crippen LogP contribution in [0.15, 0.2) is 77.0 Å². The van der Waals surface area contributed by atoms with Crippen LogP contribution in [0.4, 0.5) is 11.4 Å². The van der Waals surface area contributed by atoms with Crippen molar-refractivity contribution in [3.05, 3.63) is 83.4 Å². The Bertz CT molecular complexity index is 1310. The molecule has 3 aromatic rings. The largest absolute Gasteiger partial charge is 0.462 e. The second-order valence-corrected chi connectivity index (χ2v) is 8.67. The minimum atomic E-state index is -0.686. The molecule has 0 spiro atoms. The van der Waals surface area contributed by atoms with Crippen LogP contribution in [0.1, 0.15) is 72.7 Å². The summed E-state index contributed by atoms with van der Waals surface area (Å²) >= 11 is 0. The standard InChI is InChI=1S/C31H33N3O6/c1-4-7-8-13-29(40-27-19-23(30(35)37-5-2)18-24(20-27)31(36)38-6-3)39-26-16-14-25(15-17-26)33-34-28-12-10-9-11-22(28)21-32/h9-12,14-20,29H,4-8,13H2,1-3H3. The van der Waals surface area contributed by atoms with Gasteiger partial charge in [0.2, 0.25) is 6.29 Å². The van der Waals surface area contributed by atoms with Crippen LogP contribution in [0, 0.1) is 11.3 Å². The highest BCUT2D eigenvalue weighted by Crippen LogP contribution is 2.26. The summed E-state index contributed by atoms with van der Waals surface area (Å²) in [6.07, 6.45) is 2.76. The molecule has 0 aromatic heterocycles. The molecule has 0 bridgehead atoms. The van der Waals surface area contributed by atoms with Crippen LogP contribution in [0.3, 0.4) is 0 Å². The molecule has 40 heavy (non-hydrogen) atoms. The van der Waals surface area contributed by atoms with Gasteiger partial charge < -0.3 is 18.9 Å². The zero-order valence-electron chi connectivity index (χ0n) is 23.0. The molecule has 0 saturated heterocycles. The van der Waals surface area contributed by atoms with Gasteiger partial charge in [0, 0.05) is 6.42 Å². The average Bonchev–Trinajstić information content (AvgIpc) is 2.97. The van der Waals surface area contributed by atoms with Gasteiger partial charge in [-0.15, -0.1) is 5.11 Å². The number of hydrogen-bond acceptors (Lipinski definition) is 9. The van der Waals surface area contributed by atoms with Gasteiger partial charge in [-0.3, -0.25) is 0 Å². The fraction of sp³-hybridized carbons (Fsp3) is 0.323. The van der Waals surface area contributed by atoms with Gasteiger partial charge in [0.1, 0.15) is 23.3 Å². The van der Waals surface area contributed by atoms with Crippen molar-refractivity contribution in [3.8, 4) is 17.6 Å². The SMILES string of the molecule is CCCCCC(Oc1ccc(N=Nc2ccccc2C#N)cc1)Oc1cc(C(=O)OCC)cc(C(=O)OCC)c1. The van der Waals surface area contributed by atoms with E-state index in [0.717, 1.165) is 19.3 Å². The van der Waals surface area contributed by atoms with Gasteiger partial charge in [-0.1, -0.05) is 31.9 Å². The molecule has 9 nitrogen and oxygen atoms in total. The van der Waals surface area contributed by atoms with Crippen molar-refractivity contribution in [2.45, 2.75) is 52.7 Å². The average molecular weight is 544 g/mol. The van der Waals surface area contributed by atoms with Gasteiger partial charge in [-0.25, -0.2) is 9.59 Å². The summed E-state index contributed by atoms with van der Waals surface area (Å²) in [5.74, 6) is -0.296. The Morgan fingerprint density at radius 2 is 1.43 bits per heavy atom.